The number of carbonyl (C=O) groups is 1. The van der Waals surface area contributed by atoms with Crippen molar-refractivity contribution in [3.63, 3.8) is 0 Å². The van der Waals surface area contributed by atoms with Gasteiger partial charge in [0.2, 0.25) is 15.9 Å². The summed E-state index contributed by atoms with van der Waals surface area (Å²) >= 11 is 3.41. The Hall–Kier alpha value is -1.71. The van der Waals surface area contributed by atoms with Crippen LogP contribution in [0.2, 0.25) is 0 Å². The molecular formula is C14H17BrN4O3S. The van der Waals surface area contributed by atoms with Gasteiger partial charge in [-0.2, -0.15) is 9.40 Å². The summed E-state index contributed by atoms with van der Waals surface area (Å²) in [5, 5.41) is 6.85. The Labute approximate surface area is 143 Å². The average molecular weight is 401 g/mol. The zero-order valence-electron chi connectivity index (χ0n) is 12.7. The number of hydrogen-bond acceptors (Lipinski definition) is 4. The molecule has 23 heavy (non-hydrogen) atoms. The predicted molar refractivity (Wildman–Crippen MR) is 91.6 cm³/mol. The van der Waals surface area contributed by atoms with Crippen LogP contribution in [0.1, 0.15) is 5.56 Å². The lowest BCUT2D eigenvalue weighted by atomic mass is 10.2. The summed E-state index contributed by atoms with van der Waals surface area (Å²) in [6.45, 7) is 0.241. The highest BCUT2D eigenvalue weighted by atomic mass is 79.9. The lowest BCUT2D eigenvalue weighted by Gasteiger charge is -2.14. The summed E-state index contributed by atoms with van der Waals surface area (Å²) in [6, 6.07) is 9.43. The van der Waals surface area contributed by atoms with Gasteiger partial charge in [-0.25, -0.2) is 13.1 Å². The Morgan fingerprint density at radius 3 is 2.78 bits per heavy atom. The van der Waals surface area contributed by atoms with Crippen molar-refractivity contribution >= 4 is 37.7 Å². The Kier molecular flexibility index (Phi) is 5.55. The molecular weight excluding hydrogens is 384 g/mol. The number of sulfonamides is 1. The van der Waals surface area contributed by atoms with Crippen LogP contribution in [0.15, 0.2) is 41.0 Å². The zero-order chi connectivity index (χ0) is 17.0. The van der Waals surface area contributed by atoms with Crippen molar-refractivity contribution in [2.24, 2.45) is 0 Å². The Morgan fingerprint density at radius 2 is 2.13 bits per heavy atom. The van der Waals surface area contributed by atoms with Gasteiger partial charge in [0.25, 0.3) is 0 Å². The van der Waals surface area contributed by atoms with Crippen molar-refractivity contribution in [2.75, 3.05) is 25.2 Å². The van der Waals surface area contributed by atoms with Gasteiger partial charge in [0.1, 0.15) is 5.82 Å². The summed E-state index contributed by atoms with van der Waals surface area (Å²) < 4.78 is 26.2. The summed E-state index contributed by atoms with van der Waals surface area (Å²) in [7, 11) is -2.04. The molecule has 0 atom stereocenters. The van der Waals surface area contributed by atoms with E-state index in [2.05, 4.69) is 26.3 Å². The van der Waals surface area contributed by atoms with E-state index < -0.39 is 15.9 Å². The van der Waals surface area contributed by atoms with Crippen molar-refractivity contribution in [3.05, 3.63) is 46.6 Å². The number of anilines is 1. The Morgan fingerprint density at radius 1 is 1.39 bits per heavy atom. The van der Waals surface area contributed by atoms with E-state index in [1.807, 2.05) is 24.3 Å². The molecule has 7 nitrogen and oxygen atoms in total. The van der Waals surface area contributed by atoms with Gasteiger partial charge in [0.15, 0.2) is 0 Å². The van der Waals surface area contributed by atoms with Crippen molar-refractivity contribution in [3.8, 4) is 0 Å². The third-order valence-corrected chi connectivity index (χ3v) is 4.89. The first kappa shape index (κ1) is 17.6. The van der Waals surface area contributed by atoms with Crippen LogP contribution in [0.3, 0.4) is 0 Å². The fraction of sp³-hybridized carbons (Fsp3) is 0.286. The summed E-state index contributed by atoms with van der Waals surface area (Å²) in [5.41, 5.74) is 1.02. The summed E-state index contributed by atoms with van der Waals surface area (Å²) in [4.78, 5) is 12.0. The maximum absolute atomic E-state index is 12.0. The van der Waals surface area contributed by atoms with Crippen molar-refractivity contribution in [2.45, 2.75) is 6.54 Å². The molecule has 124 valence electrons. The number of nitrogens with zero attached hydrogens (tertiary/aromatic N) is 3. The Bertz CT molecular complexity index is 804. The van der Waals surface area contributed by atoms with Gasteiger partial charge in [0, 0.05) is 17.6 Å². The molecule has 2 aromatic rings. The zero-order valence-corrected chi connectivity index (χ0v) is 15.1. The first-order valence-electron chi connectivity index (χ1n) is 6.73. The van der Waals surface area contributed by atoms with Gasteiger partial charge in [0.05, 0.1) is 25.5 Å². The standard InChI is InChI=1S/C14H17BrN4O3S/c1-18(23(2,21)22)10-14(20)17-13-6-7-16-19(13)9-11-4-3-5-12(15)8-11/h3-8H,9-10H2,1-2H3,(H,17,20). The Balaban J connectivity index is 2.05. The fourth-order valence-electron chi connectivity index (χ4n) is 1.87. The fourth-order valence-corrected chi connectivity index (χ4v) is 2.67. The van der Waals surface area contributed by atoms with Crippen LogP contribution < -0.4 is 5.32 Å². The normalized spacial score (nSPS) is 11.7. The lowest BCUT2D eigenvalue weighted by Crippen LogP contribution is -2.34. The van der Waals surface area contributed by atoms with Crippen LogP contribution >= 0.6 is 15.9 Å². The van der Waals surface area contributed by atoms with Gasteiger partial charge >= 0.3 is 0 Å². The quantitative estimate of drug-likeness (QED) is 0.796. The maximum Gasteiger partial charge on any atom is 0.240 e. The van der Waals surface area contributed by atoms with Gasteiger partial charge < -0.3 is 5.32 Å². The van der Waals surface area contributed by atoms with Crippen LogP contribution in [0.25, 0.3) is 0 Å². The molecule has 0 saturated heterocycles. The molecule has 0 bridgehead atoms. The second kappa shape index (κ2) is 7.24. The van der Waals surface area contributed by atoms with Crippen molar-refractivity contribution in [1.29, 1.82) is 0 Å². The number of carbonyl (C=O) groups excluding carboxylic acids is 1. The van der Waals surface area contributed by atoms with E-state index in [4.69, 9.17) is 0 Å². The molecule has 9 heteroatoms. The smallest absolute Gasteiger partial charge is 0.240 e. The molecule has 2 rings (SSSR count). The van der Waals surface area contributed by atoms with Crippen LogP contribution in [-0.4, -0.2) is 48.3 Å². The van der Waals surface area contributed by atoms with Crippen LogP contribution in [-0.2, 0) is 21.4 Å². The second-order valence-electron chi connectivity index (χ2n) is 5.07. The molecule has 0 aliphatic heterocycles. The van der Waals surface area contributed by atoms with E-state index >= 15 is 0 Å². The molecule has 1 amide bonds. The highest BCUT2D eigenvalue weighted by molar-refractivity contribution is 9.10. The van der Waals surface area contributed by atoms with Crippen LogP contribution in [0, 0.1) is 0 Å². The minimum atomic E-state index is -3.40. The molecule has 1 heterocycles. The SMILES string of the molecule is CN(CC(=O)Nc1ccnn1Cc1cccc(Br)c1)S(C)(=O)=O. The first-order valence-corrected chi connectivity index (χ1v) is 9.37. The predicted octanol–water partition coefficient (Wildman–Crippen LogP) is 1.52. The van der Waals surface area contributed by atoms with E-state index in [0.29, 0.717) is 12.4 Å². The average Bonchev–Trinajstić information content (AvgIpc) is 2.84. The van der Waals surface area contributed by atoms with E-state index in [1.165, 1.54) is 7.05 Å². The number of amides is 1. The van der Waals surface area contributed by atoms with Crippen LogP contribution in [0.5, 0.6) is 0 Å². The van der Waals surface area contributed by atoms with Crippen LogP contribution in [0.4, 0.5) is 5.82 Å². The number of halogens is 1. The molecule has 1 aromatic carbocycles. The maximum atomic E-state index is 12.0. The molecule has 0 saturated carbocycles. The van der Waals surface area contributed by atoms with Crippen molar-refractivity contribution in [1.82, 2.24) is 14.1 Å². The van der Waals surface area contributed by atoms with Gasteiger partial charge in [-0.3, -0.25) is 4.79 Å². The third-order valence-electron chi connectivity index (χ3n) is 3.14. The number of likely N-dealkylation sites (N-methyl/N-ethyl adjacent to an activating group) is 1. The molecule has 1 N–H and O–H groups in total. The number of hydrogen-bond donors (Lipinski definition) is 1. The largest absolute Gasteiger partial charge is 0.310 e. The second-order valence-corrected chi connectivity index (χ2v) is 8.08. The van der Waals surface area contributed by atoms with E-state index in [0.717, 1.165) is 20.6 Å². The number of benzene rings is 1. The summed E-state index contributed by atoms with van der Waals surface area (Å²) in [5.74, 6) is 0.0887. The highest BCUT2D eigenvalue weighted by Gasteiger charge is 2.16. The van der Waals surface area contributed by atoms with Gasteiger partial charge in [-0.15, -0.1) is 0 Å². The molecule has 0 spiro atoms. The van der Waals surface area contributed by atoms with E-state index in [1.54, 1.807) is 16.9 Å². The molecule has 1 aromatic heterocycles. The van der Waals surface area contributed by atoms with E-state index in [-0.39, 0.29) is 6.54 Å². The number of rotatable bonds is 6. The molecule has 0 aliphatic carbocycles. The lowest BCUT2D eigenvalue weighted by molar-refractivity contribution is -0.116. The topological polar surface area (TPSA) is 84.3 Å². The highest BCUT2D eigenvalue weighted by Crippen LogP contribution is 2.15. The van der Waals surface area contributed by atoms with Crippen molar-refractivity contribution < 1.29 is 13.2 Å². The third kappa shape index (κ3) is 5.15. The number of aromatic nitrogens is 2. The van der Waals surface area contributed by atoms with Gasteiger partial charge in [-0.05, 0) is 17.7 Å². The summed E-state index contributed by atoms with van der Waals surface area (Å²) in [6.07, 6.45) is 2.63. The molecule has 0 unspecified atom stereocenters. The van der Waals surface area contributed by atoms with Gasteiger partial charge in [-0.1, -0.05) is 28.1 Å². The minimum Gasteiger partial charge on any atom is -0.310 e. The monoisotopic (exact) mass is 400 g/mol. The number of nitrogens with one attached hydrogen (secondary N) is 1. The molecule has 0 aliphatic rings. The van der Waals surface area contributed by atoms with E-state index in [9.17, 15) is 13.2 Å². The minimum absolute atomic E-state index is 0.249. The molecule has 0 fully saturated rings. The first-order chi connectivity index (χ1) is 10.8. The molecule has 0 radical (unpaired) electrons.